The Morgan fingerprint density at radius 3 is 2.57 bits per heavy atom. The number of ether oxygens (including phenoxy) is 5. The van der Waals surface area contributed by atoms with Crippen LogP contribution in [0, 0.1) is 0 Å². The predicted molar refractivity (Wildman–Crippen MR) is 197 cm³/mol. The minimum Gasteiger partial charge on any atom is -0.497 e. The summed E-state index contributed by atoms with van der Waals surface area (Å²) in [6, 6.07) is 12.5. The van der Waals surface area contributed by atoms with Gasteiger partial charge in [0.1, 0.15) is 48.2 Å². The van der Waals surface area contributed by atoms with Crippen molar-refractivity contribution in [2.75, 3.05) is 53.2 Å². The number of para-hydroxylation sites is 1. The van der Waals surface area contributed by atoms with Gasteiger partial charge in [0.25, 0.3) is 0 Å². The molecule has 0 saturated carbocycles. The molecule has 58 heavy (non-hydrogen) atoms. The summed E-state index contributed by atoms with van der Waals surface area (Å²) in [4.78, 5) is 44.1. The van der Waals surface area contributed by atoms with E-state index in [1.54, 1.807) is 36.4 Å². The number of nitrogens with zero attached hydrogens (tertiary/aromatic N) is 3. The Bertz CT molecular complexity index is 2150. The van der Waals surface area contributed by atoms with Crippen LogP contribution in [0.3, 0.4) is 0 Å². The van der Waals surface area contributed by atoms with Crippen molar-refractivity contribution < 1.29 is 70.3 Å². The molecule has 0 aliphatic carbocycles. The smallest absolute Gasteiger partial charge is 0.459 e. The number of carbonyl (C=O) groups is 2. The van der Waals surface area contributed by atoms with Crippen molar-refractivity contribution >= 4 is 30.7 Å². The maximum absolute atomic E-state index is 15.5. The highest BCUT2D eigenvalue weighted by atomic mass is 31.2. The molecular formula is C37H43F2N4O14P. The Labute approximate surface area is 330 Å². The summed E-state index contributed by atoms with van der Waals surface area (Å²) < 4.78 is 88.6. The van der Waals surface area contributed by atoms with Crippen LogP contribution in [0.4, 0.5) is 8.78 Å². The molecule has 314 valence electrons. The number of benzene rings is 2. The first-order valence-electron chi connectivity index (χ1n) is 18.2. The standard InChI is InChI=1S/C37H43F2N4O14P/c1-23(34(47)52-15-12-42-10-13-51-14-11-42)41-58(49,57-27-6-4-3-5-7-27)54-22-30-33(46)37(38,39)35(56-30)43-9-8-26(40-36(43)48)19-31(45)53-21-29-17-24-16-28(50-2)18-25(20-44)32(24)55-29/h3-9,16-18,23,30,33,35,44,46H,10-15,19-22H2,1-2H3,(H,41,49)/t23-,30+,33+,35?,58?/m0/s1. The third-order valence-electron chi connectivity index (χ3n) is 9.18. The Hall–Kier alpha value is -4.79. The molecule has 18 nitrogen and oxygen atoms in total. The largest absolute Gasteiger partial charge is 0.497 e. The Balaban J connectivity index is 1.06. The number of aromatic nitrogens is 2. The van der Waals surface area contributed by atoms with Gasteiger partial charge in [0, 0.05) is 36.8 Å². The second-order valence-electron chi connectivity index (χ2n) is 13.3. The number of furan rings is 1. The van der Waals surface area contributed by atoms with E-state index in [9.17, 15) is 29.2 Å². The van der Waals surface area contributed by atoms with E-state index < -0.39 is 68.8 Å². The normalized spacial score (nSPS) is 21.0. The van der Waals surface area contributed by atoms with Crippen molar-refractivity contribution in [3.63, 3.8) is 0 Å². The first-order valence-corrected chi connectivity index (χ1v) is 19.7. The molecule has 2 saturated heterocycles. The zero-order valence-corrected chi connectivity index (χ0v) is 32.4. The molecule has 2 aromatic heterocycles. The van der Waals surface area contributed by atoms with Crippen LogP contribution in [0.1, 0.15) is 30.2 Å². The zero-order valence-electron chi connectivity index (χ0n) is 31.5. The molecule has 5 atom stereocenters. The summed E-state index contributed by atoms with van der Waals surface area (Å²) in [5.41, 5.74) is -0.484. The minimum atomic E-state index is -4.55. The van der Waals surface area contributed by atoms with E-state index in [-0.39, 0.29) is 37.0 Å². The van der Waals surface area contributed by atoms with Crippen LogP contribution in [0.5, 0.6) is 11.5 Å². The van der Waals surface area contributed by atoms with Gasteiger partial charge in [-0.05, 0) is 43.3 Å². The lowest BCUT2D eigenvalue weighted by molar-refractivity contribution is -0.146. The molecule has 4 aromatic rings. The van der Waals surface area contributed by atoms with E-state index in [0.717, 1.165) is 12.3 Å². The predicted octanol–water partition coefficient (Wildman–Crippen LogP) is 2.73. The molecule has 2 aromatic carbocycles. The highest BCUT2D eigenvalue weighted by molar-refractivity contribution is 7.52. The van der Waals surface area contributed by atoms with Gasteiger partial charge in [-0.25, -0.2) is 9.36 Å². The van der Waals surface area contributed by atoms with Crippen LogP contribution in [0.2, 0.25) is 0 Å². The Morgan fingerprint density at radius 2 is 1.86 bits per heavy atom. The van der Waals surface area contributed by atoms with E-state index in [1.165, 1.54) is 26.2 Å². The van der Waals surface area contributed by atoms with Gasteiger partial charge >= 0.3 is 31.3 Å². The first-order chi connectivity index (χ1) is 27.8. The molecule has 21 heteroatoms. The number of aliphatic hydroxyl groups excluding tert-OH is 2. The molecule has 6 rings (SSSR count). The van der Waals surface area contributed by atoms with Gasteiger partial charge in [-0.3, -0.25) is 23.6 Å². The number of carbonyl (C=O) groups excluding carboxylic acids is 2. The number of esters is 2. The lowest BCUT2D eigenvalue weighted by atomic mass is 10.1. The number of morpholine rings is 1. The summed E-state index contributed by atoms with van der Waals surface area (Å²) in [7, 11) is -3.08. The lowest BCUT2D eigenvalue weighted by Crippen LogP contribution is -2.42. The molecule has 2 aliphatic heterocycles. The lowest BCUT2D eigenvalue weighted by Gasteiger charge is -2.27. The van der Waals surface area contributed by atoms with Gasteiger partial charge in [-0.1, -0.05) is 18.2 Å². The number of rotatable bonds is 18. The Morgan fingerprint density at radius 1 is 1.10 bits per heavy atom. The molecule has 0 radical (unpaired) electrons. The fourth-order valence-electron chi connectivity index (χ4n) is 6.13. The number of aliphatic hydroxyl groups is 2. The van der Waals surface area contributed by atoms with Crippen LogP contribution in [0.15, 0.2) is 70.0 Å². The van der Waals surface area contributed by atoms with Gasteiger partial charge in [0.15, 0.2) is 6.10 Å². The topological polar surface area (TPSA) is 220 Å². The molecule has 2 aliphatic rings. The quantitative estimate of drug-likeness (QED) is 0.0969. The summed E-state index contributed by atoms with van der Waals surface area (Å²) >= 11 is 0. The van der Waals surface area contributed by atoms with Gasteiger partial charge in [0.2, 0.25) is 6.23 Å². The summed E-state index contributed by atoms with van der Waals surface area (Å²) in [6.07, 6.45) is -6.36. The van der Waals surface area contributed by atoms with Crippen LogP contribution in [-0.2, 0) is 57.3 Å². The van der Waals surface area contributed by atoms with E-state index in [4.69, 9.17) is 37.1 Å². The number of nitrogens with one attached hydrogen (secondary N) is 1. The number of methoxy groups -OCH3 is 1. The third kappa shape index (κ3) is 10.4. The Kier molecular flexibility index (Phi) is 13.9. The second kappa shape index (κ2) is 18.9. The van der Waals surface area contributed by atoms with Gasteiger partial charge in [-0.15, -0.1) is 0 Å². The van der Waals surface area contributed by atoms with Gasteiger partial charge in [-0.2, -0.15) is 18.9 Å². The highest BCUT2D eigenvalue weighted by Gasteiger charge is 2.60. The first kappa shape index (κ1) is 42.8. The van der Waals surface area contributed by atoms with Crippen LogP contribution < -0.4 is 20.0 Å². The summed E-state index contributed by atoms with van der Waals surface area (Å²) in [5, 5.41) is 23.3. The van der Waals surface area contributed by atoms with E-state index in [1.807, 2.05) is 4.90 Å². The van der Waals surface area contributed by atoms with E-state index in [0.29, 0.717) is 59.7 Å². The van der Waals surface area contributed by atoms with Gasteiger partial charge in [0.05, 0.1) is 45.7 Å². The SMILES string of the molecule is COc1cc(CO)c2oc(COC(=O)Cc3ccn(C4O[C@H](COP(=O)(N[C@@H](C)C(=O)OCCN5CCOCC5)Oc5ccccc5)[C@@H](O)C4(F)F)c(=O)n3)cc2c1. The zero-order chi connectivity index (χ0) is 41.5. The number of fused-ring (bicyclic) bond motifs is 1. The fourth-order valence-corrected chi connectivity index (χ4v) is 7.64. The minimum absolute atomic E-state index is 0.0426. The second-order valence-corrected chi connectivity index (χ2v) is 15.0. The fraction of sp³-hybridized carbons (Fsp3) is 0.459. The molecule has 0 spiro atoms. The summed E-state index contributed by atoms with van der Waals surface area (Å²) in [6.45, 7) is 2.78. The monoisotopic (exact) mass is 836 g/mol. The number of halogens is 2. The van der Waals surface area contributed by atoms with Gasteiger partial charge < -0.3 is 42.8 Å². The number of hydrogen-bond acceptors (Lipinski definition) is 16. The summed E-state index contributed by atoms with van der Waals surface area (Å²) in [5.74, 6) is -4.87. The molecule has 0 amide bonds. The van der Waals surface area contributed by atoms with Crippen molar-refractivity contribution in [1.29, 1.82) is 0 Å². The third-order valence-corrected chi connectivity index (χ3v) is 10.8. The molecule has 3 N–H and O–H groups in total. The average Bonchev–Trinajstić information content (AvgIpc) is 3.73. The van der Waals surface area contributed by atoms with Crippen LogP contribution in [0.25, 0.3) is 11.0 Å². The van der Waals surface area contributed by atoms with E-state index >= 15 is 8.78 Å². The van der Waals surface area contributed by atoms with Crippen LogP contribution in [-0.4, -0.2) is 114 Å². The van der Waals surface area contributed by atoms with Crippen molar-refractivity contribution in [1.82, 2.24) is 19.5 Å². The van der Waals surface area contributed by atoms with Crippen molar-refractivity contribution in [3.05, 3.63) is 88.3 Å². The molecular weight excluding hydrogens is 793 g/mol. The highest BCUT2D eigenvalue weighted by Crippen LogP contribution is 2.48. The molecule has 2 fully saturated rings. The molecule has 2 unspecified atom stereocenters. The van der Waals surface area contributed by atoms with E-state index in [2.05, 4.69) is 10.1 Å². The molecule has 4 heterocycles. The van der Waals surface area contributed by atoms with Crippen molar-refractivity contribution in [2.45, 2.75) is 57.0 Å². The number of alkyl halides is 2. The maximum atomic E-state index is 15.5. The molecule has 0 bridgehead atoms. The van der Waals surface area contributed by atoms with Crippen molar-refractivity contribution in [3.8, 4) is 11.5 Å². The number of hydrogen-bond donors (Lipinski definition) is 3. The maximum Gasteiger partial charge on any atom is 0.459 e. The van der Waals surface area contributed by atoms with Crippen LogP contribution >= 0.6 is 7.75 Å². The average molecular weight is 837 g/mol. The van der Waals surface area contributed by atoms with Crippen molar-refractivity contribution in [2.24, 2.45) is 0 Å².